The lowest BCUT2D eigenvalue weighted by molar-refractivity contribution is 0.102. The van der Waals surface area contributed by atoms with Crippen LogP contribution in [0.25, 0.3) is 0 Å². The number of aryl methyl sites for hydroxylation is 3. The predicted octanol–water partition coefficient (Wildman–Crippen LogP) is 4.64. The zero-order chi connectivity index (χ0) is 24.3. The quantitative estimate of drug-likeness (QED) is 0.389. The molecule has 2 N–H and O–H groups in total. The van der Waals surface area contributed by atoms with E-state index in [0.717, 1.165) is 15.6 Å². The Hall–Kier alpha value is -3.63. The minimum atomic E-state index is -3.86. The van der Waals surface area contributed by atoms with Crippen LogP contribution in [0.5, 0.6) is 0 Å². The molecule has 34 heavy (non-hydrogen) atoms. The van der Waals surface area contributed by atoms with Gasteiger partial charge in [-0.1, -0.05) is 24.3 Å². The summed E-state index contributed by atoms with van der Waals surface area (Å²) in [4.78, 5) is 13.9. The van der Waals surface area contributed by atoms with Crippen molar-refractivity contribution in [3.63, 3.8) is 0 Å². The SMILES string of the molecule is Cc1ccccc1NS(=O)(=O)c1ccc(C)c(C(=O)Nc2ccc(Sc3nncn3C)cc2)c1. The third kappa shape index (κ3) is 5.29. The number of benzene rings is 3. The standard InChI is InChI=1S/C24H23N5O3S2/c1-16-8-13-20(34(31,32)28-22-7-5-4-6-17(22)2)14-21(16)23(30)26-18-9-11-19(12-10-18)33-24-27-25-15-29(24)3/h4-15,28H,1-3H3,(H,26,30). The molecule has 0 aliphatic rings. The van der Waals surface area contributed by atoms with Crippen LogP contribution in [0.1, 0.15) is 21.5 Å². The monoisotopic (exact) mass is 493 g/mol. The van der Waals surface area contributed by atoms with Gasteiger partial charge in [0.25, 0.3) is 15.9 Å². The first-order valence-corrected chi connectivity index (χ1v) is 12.7. The van der Waals surface area contributed by atoms with Crippen molar-refractivity contribution < 1.29 is 13.2 Å². The van der Waals surface area contributed by atoms with Gasteiger partial charge in [-0.2, -0.15) is 0 Å². The van der Waals surface area contributed by atoms with E-state index in [2.05, 4.69) is 20.2 Å². The van der Waals surface area contributed by atoms with Crippen molar-refractivity contribution in [1.29, 1.82) is 0 Å². The van der Waals surface area contributed by atoms with E-state index in [4.69, 9.17) is 0 Å². The number of carbonyl (C=O) groups is 1. The maximum atomic E-state index is 13.0. The Bertz CT molecular complexity index is 1450. The first-order valence-electron chi connectivity index (χ1n) is 10.4. The maximum Gasteiger partial charge on any atom is 0.261 e. The van der Waals surface area contributed by atoms with Crippen molar-refractivity contribution in [2.45, 2.75) is 28.8 Å². The summed E-state index contributed by atoms with van der Waals surface area (Å²) in [6.07, 6.45) is 1.63. The number of para-hydroxylation sites is 1. The zero-order valence-electron chi connectivity index (χ0n) is 18.8. The number of carbonyl (C=O) groups excluding carboxylic acids is 1. The second kappa shape index (κ2) is 9.70. The number of nitrogens with one attached hydrogen (secondary N) is 2. The highest BCUT2D eigenvalue weighted by Crippen LogP contribution is 2.27. The van der Waals surface area contributed by atoms with Gasteiger partial charge in [0.15, 0.2) is 5.16 Å². The van der Waals surface area contributed by atoms with Crippen LogP contribution in [0.2, 0.25) is 0 Å². The lowest BCUT2D eigenvalue weighted by Gasteiger charge is -2.13. The molecule has 8 nitrogen and oxygen atoms in total. The molecule has 0 radical (unpaired) electrons. The molecule has 3 aromatic carbocycles. The Balaban J connectivity index is 1.51. The van der Waals surface area contributed by atoms with Crippen molar-refractivity contribution in [3.05, 3.63) is 89.7 Å². The van der Waals surface area contributed by atoms with Crippen LogP contribution in [-0.4, -0.2) is 29.1 Å². The van der Waals surface area contributed by atoms with E-state index in [-0.39, 0.29) is 16.4 Å². The average molecular weight is 494 g/mol. The molecule has 174 valence electrons. The molecule has 4 aromatic rings. The van der Waals surface area contributed by atoms with Gasteiger partial charge in [0.1, 0.15) is 6.33 Å². The van der Waals surface area contributed by atoms with E-state index in [9.17, 15) is 13.2 Å². The van der Waals surface area contributed by atoms with Crippen molar-refractivity contribution in [1.82, 2.24) is 14.8 Å². The molecule has 0 unspecified atom stereocenters. The maximum absolute atomic E-state index is 13.0. The summed E-state index contributed by atoms with van der Waals surface area (Å²) >= 11 is 1.46. The molecule has 10 heteroatoms. The third-order valence-electron chi connectivity index (χ3n) is 5.14. The molecule has 0 saturated heterocycles. The summed E-state index contributed by atoms with van der Waals surface area (Å²) in [5.41, 5.74) is 2.84. The van der Waals surface area contributed by atoms with E-state index in [1.54, 1.807) is 43.6 Å². The number of amides is 1. The number of aromatic nitrogens is 3. The van der Waals surface area contributed by atoms with Gasteiger partial charge >= 0.3 is 0 Å². The zero-order valence-corrected chi connectivity index (χ0v) is 20.4. The molecule has 0 atom stereocenters. The normalized spacial score (nSPS) is 11.3. The molecule has 0 aliphatic heterocycles. The highest BCUT2D eigenvalue weighted by Gasteiger charge is 2.19. The Labute approximate surface area is 202 Å². The van der Waals surface area contributed by atoms with Gasteiger partial charge < -0.3 is 9.88 Å². The van der Waals surface area contributed by atoms with Crippen molar-refractivity contribution in [2.24, 2.45) is 7.05 Å². The van der Waals surface area contributed by atoms with Crippen LogP contribution >= 0.6 is 11.8 Å². The van der Waals surface area contributed by atoms with Gasteiger partial charge in [0.05, 0.1) is 10.6 Å². The fourth-order valence-corrected chi connectivity index (χ4v) is 5.10. The summed E-state index contributed by atoms with van der Waals surface area (Å²) in [7, 11) is -2.00. The number of nitrogens with zero attached hydrogens (tertiary/aromatic N) is 3. The fraction of sp³-hybridized carbons (Fsp3) is 0.125. The highest BCUT2D eigenvalue weighted by molar-refractivity contribution is 7.99. The van der Waals surface area contributed by atoms with Crippen LogP contribution < -0.4 is 10.0 Å². The lowest BCUT2D eigenvalue weighted by atomic mass is 10.1. The van der Waals surface area contributed by atoms with Gasteiger partial charge in [-0.15, -0.1) is 10.2 Å². The van der Waals surface area contributed by atoms with Gasteiger partial charge in [0.2, 0.25) is 0 Å². The van der Waals surface area contributed by atoms with Crippen molar-refractivity contribution in [2.75, 3.05) is 10.0 Å². The Morgan fingerprint density at radius 3 is 2.38 bits per heavy atom. The number of rotatable bonds is 7. The lowest BCUT2D eigenvalue weighted by Crippen LogP contribution is -2.17. The second-order valence-electron chi connectivity index (χ2n) is 7.70. The number of sulfonamides is 1. The summed E-state index contributed by atoms with van der Waals surface area (Å²) in [5.74, 6) is -0.390. The van der Waals surface area contributed by atoms with E-state index in [1.807, 2.05) is 42.8 Å². The van der Waals surface area contributed by atoms with Crippen molar-refractivity contribution >= 4 is 39.1 Å². The van der Waals surface area contributed by atoms with Gasteiger partial charge in [-0.05, 0) is 79.2 Å². The predicted molar refractivity (Wildman–Crippen MR) is 133 cm³/mol. The van der Waals surface area contributed by atoms with Crippen molar-refractivity contribution in [3.8, 4) is 0 Å². The van der Waals surface area contributed by atoms with E-state index in [1.165, 1.54) is 23.9 Å². The van der Waals surface area contributed by atoms with Crippen LogP contribution in [-0.2, 0) is 17.1 Å². The average Bonchev–Trinajstić information content (AvgIpc) is 3.21. The molecule has 0 bridgehead atoms. The van der Waals surface area contributed by atoms with E-state index >= 15 is 0 Å². The number of hydrogen-bond donors (Lipinski definition) is 2. The first-order chi connectivity index (χ1) is 16.2. The largest absolute Gasteiger partial charge is 0.322 e. The van der Waals surface area contributed by atoms with Crippen LogP contribution in [0.3, 0.4) is 0 Å². The molecule has 0 spiro atoms. The van der Waals surface area contributed by atoms with Gasteiger partial charge in [-0.3, -0.25) is 9.52 Å². The molecular formula is C24H23N5O3S2. The third-order valence-corrected chi connectivity index (χ3v) is 7.57. The summed E-state index contributed by atoms with van der Waals surface area (Å²) < 4.78 is 30.3. The number of hydrogen-bond acceptors (Lipinski definition) is 6. The number of anilines is 2. The molecule has 0 saturated carbocycles. The second-order valence-corrected chi connectivity index (χ2v) is 10.4. The smallest absolute Gasteiger partial charge is 0.261 e. The molecule has 0 fully saturated rings. The Morgan fingerprint density at radius 2 is 1.71 bits per heavy atom. The fourth-order valence-electron chi connectivity index (χ4n) is 3.18. The molecule has 1 aromatic heterocycles. The summed E-state index contributed by atoms with van der Waals surface area (Å²) in [5, 5.41) is 11.5. The summed E-state index contributed by atoms with van der Waals surface area (Å²) in [6.45, 7) is 3.59. The Kier molecular flexibility index (Phi) is 6.71. The van der Waals surface area contributed by atoms with Gasteiger partial charge in [0, 0.05) is 23.2 Å². The summed E-state index contributed by atoms with van der Waals surface area (Å²) in [6, 6.07) is 18.9. The van der Waals surface area contributed by atoms with Crippen LogP contribution in [0.15, 0.2) is 88.0 Å². The highest BCUT2D eigenvalue weighted by atomic mass is 32.2. The molecule has 0 aliphatic carbocycles. The first kappa shape index (κ1) is 23.5. The minimum Gasteiger partial charge on any atom is -0.322 e. The van der Waals surface area contributed by atoms with E-state index < -0.39 is 10.0 Å². The Morgan fingerprint density at radius 1 is 0.971 bits per heavy atom. The molecular weight excluding hydrogens is 470 g/mol. The molecule has 1 amide bonds. The molecule has 1 heterocycles. The molecule has 4 rings (SSSR count). The van der Waals surface area contributed by atoms with Crippen LogP contribution in [0, 0.1) is 13.8 Å². The van der Waals surface area contributed by atoms with Gasteiger partial charge in [-0.25, -0.2) is 8.42 Å². The van der Waals surface area contributed by atoms with Crippen LogP contribution in [0.4, 0.5) is 11.4 Å². The van der Waals surface area contributed by atoms with E-state index in [0.29, 0.717) is 16.9 Å². The topological polar surface area (TPSA) is 106 Å². The minimum absolute atomic E-state index is 0.0157.